The van der Waals surface area contributed by atoms with E-state index in [1.807, 2.05) is 25.1 Å². The molecule has 1 aliphatic heterocycles. The standard InChI is InChI=1S/C19H20ClFN2O3S/c1-14-4-2-5-15(12-14)19(24)22-8-3-9-23(11-10-22)27(25,26)18-7-6-16(20)13-17(18)21/h2,4-7,12-13H,3,8-11H2,1H3. The zero-order valence-electron chi connectivity index (χ0n) is 14.9. The van der Waals surface area contributed by atoms with Crippen molar-refractivity contribution in [2.24, 2.45) is 0 Å². The predicted octanol–water partition coefficient (Wildman–Crippen LogP) is 3.32. The fraction of sp³-hybridized carbons (Fsp3) is 0.316. The molecule has 27 heavy (non-hydrogen) atoms. The number of benzene rings is 2. The molecule has 0 spiro atoms. The van der Waals surface area contributed by atoms with Gasteiger partial charge in [-0.25, -0.2) is 12.8 Å². The molecule has 0 unspecified atom stereocenters. The van der Waals surface area contributed by atoms with E-state index in [4.69, 9.17) is 11.6 Å². The molecule has 2 aromatic carbocycles. The van der Waals surface area contributed by atoms with E-state index >= 15 is 0 Å². The summed E-state index contributed by atoms with van der Waals surface area (Å²) in [4.78, 5) is 13.9. The van der Waals surface area contributed by atoms with Crippen LogP contribution in [-0.2, 0) is 10.0 Å². The number of carbonyl (C=O) groups is 1. The van der Waals surface area contributed by atoms with Crippen LogP contribution < -0.4 is 0 Å². The summed E-state index contributed by atoms with van der Waals surface area (Å²) in [6.45, 7) is 2.95. The Morgan fingerprint density at radius 1 is 1.07 bits per heavy atom. The first kappa shape index (κ1) is 19.8. The van der Waals surface area contributed by atoms with Gasteiger partial charge in [0.15, 0.2) is 0 Å². The minimum absolute atomic E-state index is 0.113. The summed E-state index contributed by atoms with van der Waals surface area (Å²) in [5, 5.41) is 0.136. The summed E-state index contributed by atoms with van der Waals surface area (Å²) in [6.07, 6.45) is 0.478. The Kier molecular flexibility index (Phi) is 5.83. The van der Waals surface area contributed by atoms with Gasteiger partial charge in [-0.2, -0.15) is 4.31 Å². The number of rotatable bonds is 3. The first-order chi connectivity index (χ1) is 12.8. The first-order valence-electron chi connectivity index (χ1n) is 8.60. The fourth-order valence-electron chi connectivity index (χ4n) is 3.12. The zero-order valence-corrected chi connectivity index (χ0v) is 16.4. The van der Waals surface area contributed by atoms with E-state index in [1.54, 1.807) is 11.0 Å². The van der Waals surface area contributed by atoms with Crippen molar-refractivity contribution in [3.05, 3.63) is 64.4 Å². The van der Waals surface area contributed by atoms with Crippen LogP contribution in [0.2, 0.25) is 5.02 Å². The fourth-order valence-corrected chi connectivity index (χ4v) is 4.80. The molecule has 0 atom stereocenters. The lowest BCUT2D eigenvalue weighted by molar-refractivity contribution is 0.0764. The molecular weight excluding hydrogens is 391 g/mol. The maximum absolute atomic E-state index is 14.1. The Bertz CT molecular complexity index is 965. The van der Waals surface area contributed by atoms with Crippen molar-refractivity contribution in [3.63, 3.8) is 0 Å². The summed E-state index contributed by atoms with van der Waals surface area (Å²) >= 11 is 5.71. The van der Waals surface area contributed by atoms with E-state index in [-0.39, 0.29) is 30.6 Å². The minimum atomic E-state index is -3.99. The van der Waals surface area contributed by atoms with Crippen LogP contribution in [0.1, 0.15) is 22.3 Å². The lowest BCUT2D eigenvalue weighted by atomic mass is 10.1. The highest BCUT2D eigenvalue weighted by Gasteiger charge is 2.30. The molecule has 2 aromatic rings. The normalized spacial score (nSPS) is 16.2. The average Bonchev–Trinajstić information content (AvgIpc) is 2.87. The van der Waals surface area contributed by atoms with E-state index < -0.39 is 20.7 Å². The zero-order chi connectivity index (χ0) is 19.6. The SMILES string of the molecule is Cc1cccc(C(=O)N2CCCN(S(=O)(=O)c3ccc(Cl)cc3F)CC2)c1. The quantitative estimate of drug-likeness (QED) is 0.779. The Morgan fingerprint density at radius 2 is 1.85 bits per heavy atom. The molecule has 0 N–H and O–H groups in total. The Morgan fingerprint density at radius 3 is 2.56 bits per heavy atom. The molecule has 144 valence electrons. The van der Waals surface area contributed by atoms with Crippen LogP contribution in [0.15, 0.2) is 47.4 Å². The minimum Gasteiger partial charge on any atom is -0.337 e. The van der Waals surface area contributed by atoms with Crippen molar-refractivity contribution in [1.82, 2.24) is 9.21 Å². The molecule has 1 aliphatic rings. The van der Waals surface area contributed by atoms with Crippen LogP contribution in [0.25, 0.3) is 0 Å². The molecule has 0 radical (unpaired) electrons. The van der Waals surface area contributed by atoms with E-state index in [0.29, 0.717) is 18.5 Å². The third-order valence-corrected chi connectivity index (χ3v) is 6.69. The topological polar surface area (TPSA) is 57.7 Å². The highest BCUT2D eigenvalue weighted by atomic mass is 35.5. The molecule has 1 heterocycles. The second kappa shape index (κ2) is 7.96. The molecule has 1 amide bonds. The van der Waals surface area contributed by atoms with Crippen molar-refractivity contribution >= 4 is 27.5 Å². The van der Waals surface area contributed by atoms with Crippen molar-refractivity contribution in [2.45, 2.75) is 18.2 Å². The highest BCUT2D eigenvalue weighted by Crippen LogP contribution is 2.23. The van der Waals surface area contributed by atoms with Gasteiger partial charge in [-0.3, -0.25) is 4.79 Å². The van der Waals surface area contributed by atoms with Gasteiger partial charge in [0.1, 0.15) is 10.7 Å². The molecule has 0 aliphatic carbocycles. The van der Waals surface area contributed by atoms with Gasteiger partial charge in [0.25, 0.3) is 5.91 Å². The second-order valence-corrected chi connectivity index (χ2v) is 8.84. The van der Waals surface area contributed by atoms with Gasteiger partial charge in [-0.1, -0.05) is 29.3 Å². The van der Waals surface area contributed by atoms with Crippen LogP contribution in [0, 0.1) is 12.7 Å². The molecule has 0 bridgehead atoms. The highest BCUT2D eigenvalue weighted by molar-refractivity contribution is 7.89. The lowest BCUT2D eigenvalue weighted by Crippen LogP contribution is -2.37. The number of aryl methyl sites for hydroxylation is 1. The van der Waals surface area contributed by atoms with Crippen LogP contribution >= 0.6 is 11.6 Å². The number of halogens is 2. The van der Waals surface area contributed by atoms with Gasteiger partial charge in [0.05, 0.1) is 0 Å². The largest absolute Gasteiger partial charge is 0.337 e. The molecule has 1 saturated heterocycles. The van der Waals surface area contributed by atoms with Crippen molar-refractivity contribution in [2.75, 3.05) is 26.2 Å². The number of carbonyl (C=O) groups excluding carboxylic acids is 1. The van der Waals surface area contributed by atoms with Gasteiger partial charge in [0, 0.05) is 36.8 Å². The van der Waals surface area contributed by atoms with E-state index in [9.17, 15) is 17.6 Å². The molecule has 3 rings (SSSR count). The molecular formula is C19H20ClFN2O3S. The molecule has 0 aromatic heterocycles. The predicted molar refractivity (Wildman–Crippen MR) is 102 cm³/mol. The van der Waals surface area contributed by atoms with Gasteiger partial charge in [-0.05, 0) is 43.7 Å². The lowest BCUT2D eigenvalue weighted by Gasteiger charge is -2.22. The van der Waals surface area contributed by atoms with Gasteiger partial charge < -0.3 is 4.90 Å². The molecule has 0 saturated carbocycles. The Hall–Kier alpha value is -1.96. The maximum atomic E-state index is 14.1. The summed E-state index contributed by atoms with van der Waals surface area (Å²) < 4.78 is 40.9. The average molecular weight is 411 g/mol. The third kappa shape index (κ3) is 4.31. The van der Waals surface area contributed by atoms with Crippen LogP contribution in [0.5, 0.6) is 0 Å². The number of amides is 1. The van der Waals surface area contributed by atoms with Crippen molar-refractivity contribution in [1.29, 1.82) is 0 Å². The molecule has 1 fully saturated rings. The maximum Gasteiger partial charge on any atom is 0.253 e. The summed E-state index contributed by atoms with van der Waals surface area (Å²) in [5.41, 5.74) is 1.56. The van der Waals surface area contributed by atoms with Crippen LogP contribution in [0.3, 0.4) is 0 Å². The smallest absolute Gasteiger partial charge is 0.253 e. The van der Waals surface area contributed by atoms with E-state index in [0.717, 1.165) is 11.6 Å². The third-order valence-electron chi connectivity index (χ3n) is 4.52. The number of hydrogen-bond donors (Lipinski definition) is 0. The van der Waals surface area contributed by atoms with Crippen LogP contribution in [-0.4, -0.2) is 49.7 Å². The summed E-state index contributed by atoms with van der Waals surface area (Å²) in [6, 6.07) is 10.8. The molecule has 5 nitrogen and oxygen atoms in total. The molecule has 8 heteroatoms. The van der Waals surface area contributed by atoms with Crippen molar-refractivity contribution in [3.8, 4) is 0 Å². The van der Waals surface area contributed by atoms with E-state index in [1.165, 1.54) is 16.4 Å². The number of sulfonamides is 1. The Balaban J connectivity index is 1.77. The summed E-state index contributed by atoms with van der Waals surface area (Å²) in [5.74, 6) is -1.00. The summed E-state index contributed by atoms with van der Waals surface area (Å²) in [7, 11) is -3.99. The number of hydrogen-bond acceptors (Lipinski definition) is 3. The first-order valence-corrected chi connectivity index (χ1v) is 10.4. The second-order valence-electron chi connectivity index (χ2n) is 6.49. The Labute approximate surface area is 163 Å². The van der Waals surface area contributed by atoms with E-state index in [2.05, 4.69) is 0 Å². The van der Waals surface area contributed by atoms with Gasteiger partial charge >= 0.3 is 0 Å². The number of nitrogens with zero attached hydrogens (tertiary/aromatic N) is 2. The van der Waals surface area contributed by atoms with Crippen molar-refractivity contribution < 1.29 is 17.6 Å². The van der Waals surface area contributed by atoms with Gasteiger partial charge in [0.2, 0.25) is 10.0 Å². The monoisotopic (exact) mass is 410 g/mol. The van der Waals surface area contributed by atoms with Crippen LogP contribution in [0.4, 0.5) is 4.39 Å². The van der Waals surface area contributed by atoms with Gasteiger partial charge in [-0.15, -0.1) is 0 Å².